The normalized spacial score (nSPS) is 25.5. The summed E-state index contributed by atoms with van der Waals surface area (Å²) in [5.74, 6) is 1.89. The van der Waals surface area contributed by atoms with E-state index >= 15 is 0 Å². The Hall–Kier alpha value is -1.26. The highest BCUT2D eigenvalue weighted by atomic mass is 16.5. The number of likely N-dealkylation sites (tertiary alicyclic amines) is 1. The summed E-state index contributed by atoms with van der Waals surface area (Å²) in [6.45, 7) is 8.63. The van der Waals surface area contributed by atoms with Gasteiger partial charge in [-0.05, 0) is 88.0 Å². The summed E-state index contributed by atoms with van der Waals surface area (Å²) in [4.78, 5) is 5.29. The first-order valence-corrected chi connectivity index (χ1v) is 12.1. The Morgan fingerprint density at radius 1 is 1.03 bits per heavy atom. The molecule has 160 valence electrons. The van der Waals surface area contributed by atoms with E-state index in [1.54, 1.807) is 0 Å². The van der Waals surface area contributed by atoms with Crippen LogP contribution in [-0.4, -0.2) is 55.9 Å². The highest BCUT2D eigenvalue weighted by Crippen LogP contribution is 2.42. The number of ether oxygens (including phenoxy) is 2. The molecule has 0 atom stereocenters. The SMILES string of the molecule is CCOCC1CCN(c2ccc3c(c2)CCC2(CCN(C4CCC4)CC2)O3)CC1. The third kappa shape index (κ3) is 4.16. The lowest BCUT2D eigenvalue weighted by Crippen LogP contribution is -2.53. The predicted octanol–water partition coefficient (Wildman–Crippen LogP) is 4.65. The van der Waals surface area contributed by atoms with E-state index in [4.69, 9.17) is 9.47 Å². The van der Waals surface area contributed by atoms with E-state index in [0.29, 0.717) is 0 Å². The van der Waals surface area contributed by atoms with Crippen molar-refractivity contribution in [2.75, 3.05) is 44.3 Å². The second-order valence-electron chi connectivity index (χ2n) is 9.79. The second kappa shape index (κ2) is 8.47. The van der Waals surface area contributed by atoms with Crippen molar-refractivity contribution < 1.29 is 9.47 Å². The van der Waals surface area contributed by atoms with Crippen molar-refractivity contribution in [3.05, 3.63) is 23.8 Å². The van der Waals surface area contributed by atoms with E-state index in [1.165, 1.54) is 82.1 Å². The minimum Gasteiger partial charge on any atom is -0.487 e. The molecule has 1 aromatic rings. The largest absolute Gasteiger partial charge is 0.487 e. The molecule has 3 aliphatic heterocycles. The number of benzene rings is 1. The van der Waals surface area contributed by atoms with Crippen molar-refractivity contribution in [3.63, 3.8) is 0 Å². The lowest BCUT2D eigenvalue weighted by atomic mass is 9.81. The first-order valence-electron chi connectivity index (χ1n) is 12.1. The van der Waals surface area contributed by atoms with Crippen LogP contribution >= 0.6 is 0 Å². The molecule has 0 aromatic heterocycles. The summed E-state index contributed by atoms with van der Waals surface area (Å²) in [7, 11) is 0. The molecule has 4 nitrogen and oxygen atoms in total. The predicted molar refractivity (Wildman–Crippen MR) is 118 cm³/mol. The van der Waals surface area contributed by atoms with Gasteiger partial charge in [0, 0.05) is 51.1 Å². The van der Waals surface area contributed by atoms with Crippen LogP contribution in [0.25, 0.3) is 0 Å². The summed E-state index contributed by atoms with van der Waals surface area (Å²) in [6.07, 6.45) is 11.5. The molecule has 4 aliphatic rings. The van der Waals surface area contributed by atoms with Crippen molar-refractivity contribution >= 4 is 5.69 Å². The van der Waals surface area contributed by atoms with E-state index in [0.717, 1.165) is 44.0 Å². The quantitative estimate of drug-likeness (QED) is 0.721. The van der Waals surface area contributed by atoms with Crippen LogP contribution in [0.15, 0.2) is 18.2 Å². The molecule has 29 heavy (non-hydrogen) atoms. The zero-order valence-electron chi connectivity index (χ0n) is 18.2. The van der Waals surface area contributed by atoms with Gasteiger partial charge in [0.15, 0.2) is 0 Å². The van der Waals surface area contributed by atoms with Crippen molar-refractivity contribution in [3.8, 4) is 5.75 Å². The Morgan fingerprint density at radius 3 is 2.52 bits per heavy atom. The molecular weight excluding hydrogens is 360 g/mol. The van der Waals surface area contributed by atoms with Crippen LogP contribution in [0.4, 0.5) is 5.69 Å². The number of piperidine rings is 2. The molecule has 0 N–H and O–H groups in total. The van der Waals surface area contributed by atoms with Gasteiger partial charge >= 0.3 is 0 Å². The second-order valence-corrected chi connectivity index (χ2v) is 9.79. The molecule has 4 heteroatoms. The van der Waals surface area contributed by atoms with E-state index in [-0.39, 0.29) is 5.60 Å². The molecule has 3 heterocycles. The van der Waals surface area contributed by atoms with Gasteiger partial charge in [-0.1, -0.05) is 6.42 Å². The third-order valence-corrected chi connectivity index (χ3v) is 8.06. The summed E-state index contributed by atoms with van der Waals surface area (Å²) >= 11 is 0. The van der Waals surface area contributed by atoms with Crippen molar-refractivity contribution in [1.29, 1.82) is 0 Å². The van der Waals surface area contributed by atoms with Crippen molar-refractivity contribution in [2.45, 2.75) is 76.4 Å². The first-order chi connectivity index (χ1) is 14.2. The number of nitrogens with zero attached hydrogens (tertiary/aromatic N) is 2. The summed E-state index contributed by atoms with van der Waals surface area (Å²) in [5, 5.41) is 0. The maximum Gasteiger partial charge on any atom is 0.123 e. The Morgan fingerprint density at radius 2 is 1.83 bits per heavy atom. The standard InChI is InChI=1S/C25H38N2O2/c1-2-28-19-20-9-14-26(15-10-20)23-6-7-24-21(18-23)8-11-25(29-24)12-16-27(17-13-25)22-4-3-5-22/h6-7,18,20,22H,2-5,8-17,19H2,1H3. The maximum atomic E-state index is 6.68. The van der Waals surface area contributed by atoms with Crippen LogP contribution in [0.2, 0.25) is 0 Å². The van der Waals surface area contributed by atoms with Gasteiger partial charge in [-0.3, -0.25) is 0 Å². The lowest BCUT2D eigenvalue weighted by molar-refractivity contribution is -0.0336. The molecule has 1 aromatic carbocycles. The molecule has 0 bridgehead atoms. The number of hydrogen-bond acceptors (Lipinski definition) is 4. The third-order valence-electron chi connectivity index (χ3n) is 8.06. The average molecular weight is 399 g/mol. The fourth-order valence-electron chi connectivity index (χ4n) is 5.75. The topological polar surface area (TPSA) is 24.9 Å². The van der Waals surface area contributed by atoms with Crippen LogP contribution in [0.3, 0.4) is 0 Å². The van der Waals surface area contributed by atoms with Crippen molar-refractivity contribution in [2.24, 2.45) is 5.92 Å². The first kappa shape index (κ1) is 19.7. The number of aryl methyl sites for hydroxylation is 1. The molecule has 2 saturated heterocycles. The van der Waals surface area contributed by atoms with Crippen LogP contribution in [-0.2, 0) is 11.2 Å². The van der Waals surface area contributed by atoms with Gasteiger partial charge in [0.25, 0.3) is 0 Å². The number of fused-ring (bicyclic) bond motifs is 1. The van der Waals surface area contributed by atoms with E-state index in [9.17, 15) is 0 Å². The Kier molecular flexibility index (Phi) is 5.75. The van der Waals surface area contributed by atoms with Gasteiger partial charge in [0.05, 0.1) is 0 Å². The van der Waals surface area contributed by atoms with Crippen molar-refractivity contribution in [1.82, 2.24) is 4.90 Å². The van der Waals surface area contributed by atoms with Gasteiger partial charge in [-0.2, -0.15) is 0 Å². The average Bonchev–Trinajstić information content (AvgIpc) is 2.73. The fourth-order valence-corrected chi connectivity index (χ4v) is 5.75. The zero-order valence-corrected chi connectivity index (χ0v) is 18.2. The maximum absolute atomic E-state index is 6.68. The van der Waals surface area contributed by atoms with Gasteiger partial charge in [-0.15, -0.1) is 0 Å². The molecule has 0 amide bonds. The molecule has 1 saturated carbocycles. The summed E-state index contributed by atoms with van der Waals surface area (Å²) in [6, 6.07) is 7.85. The molecule has 0 unspecified atom stereocenters. The molecule has 1 spiro atoms. The van der Waals surface area contributed by atoms with Gasteiger partial charge in [0.2, 0.25) is 0 Å². The van der Waals surface area contributed by atoms with Gasteiger partial charge < -0.3 is 19.3 Å². The zero-order chi connectivity index (χ0) is 19.7. The molecule has 3 fully saturated rings. The van der Waals surface area contributed by atoms with Crippen LogP contribution in [0.5, 0.6) is 5.75 Å². The summed E-state index contributed by atoms with van der Waals surface area (Å²) in [5.41, 5.74) is 2.91. The summed E-state index contributed by atoms with van der Waals surface area (Å²) < 4.78 is 12.3. The molecule has 5 rings (SSSR count). The van der Waals surface area contributed by atoms with E-state index in [1.807, 2.05) is 0 Å². The number of hydrogen-bond donors (Lipinski definition) is 0. The molecular formula is C25H38N2O2. The molecule has 1 aliphatic carbocycles. The Labute approximate surface area is 176 Å². The highest BCUT2D eigenvalue weighted by Gasteiger charge is 2.41. The monoisotopic (exact) mass is 398 g/mol. The van der Waals surface area contributed by atoms with Crippen LogP contribution in [0.1, 0.15) is 63.9 Å². The Balaban J connectivity index is 1.18. The fraction of sp³-hybridized carbons (Fsp3) is 0.760. The van der Waals surface area contributed by atoms with E-state index < -0.39 is 0 Å². The minimum atomic E-state index is 0.104. The highest BCUT2D eigenvalue weighted by molar-refractivity contribution is 5.54. The van der Waals surface area contributed by atoms with Gasteiger partial charge in [-0.25, -0.2) is 0 Å². The van der Waals surface area contributed by atoms with E-state index in [2.05, 4.69) is 34.9 Å². The number of rotatable bonds is 5. The lowest BCUT2D eigenvalue weighted by Gasteiger charge is -2.48. The smallest absolute Gasteiger partial charge is 0.123 e. The molecule has 0 radical (unpaired) electrons. The minimum absolute atomic E-state index is 0.104. The van der Waals surface area contributed by atoms with Crippen LogP contribution < -0.4 is 9.64 Å². The Bertz CT molecular complexity index is 686. The van der Waals surface area contributed by atoms with Gasteiger partial charge in [0.1, 0.15) is 11.4 Å². The van der Waals surface area contributed by atoms with Crippen LogP contribution in [0, 0.1) is 5.92 Å². The number of anilines is 1.